The molecule has 0 bridgehead atoms. The van der Waals surface area contributed by atoms with Gasteiger partial charge in [0, 0.05) is 6.61 Å². The zero-order valence-corrected chi connectivity index (χ0v) is 7.22. The van der Waals surface area contributed by atoms with Gasteiger partial charge in [-0.1, -0.05) is 26.0 Å². The number of aliphatic hydroxyl groups excluding tert-OH is 1. The van der Waals surface area contributed by atoms with E-state index in [1.54, 1.807) is 0 Å². The van der Waals surface area contributed by atoms with Gasteiger partial charge in [0.05, 0.1) is 0 Å². The Bertz CT molecular complexity index is 103. The van der Waals surface area contributed by atoms with Crippen LogP contribution in [-0.4, -0.2) is 11.7 Å². The second kappa shape index (κ2) is 4.51. The number of rotatable bonds is 4. The average molecular weight is 142 g/mol. The predicted octanol–water partition coefficient (Wildman–Crippen LogP) is 2.36. The zero-order chi connectivity index (χ0) is 8.04. The van der Waals surface area contributed by atoms with Crippen molar-refractivity contribution in [3.63, 3.8) is 0 Å². The summed E-state index contributed by atoms with van der Waals surface area (Å²) in [5, 5.41) is 8.68. The van der Waals surface area contributed by atoms with E-state index in [1.165, 1.54) is 0 Å². The molecule has 10 heavy (non-hydrogen) atoms. The lowest BCUT2D eigenvalue weighted by Gasteiger charge is -2.20. The van der Waals surface area contributed by atoms with Crippen LogP contribution < -0.4 is 0 Å². The summed E-state index contributed by atoms with van der Waals surface area (Å²) < 4.78 is 0. The maximum atomic E-state index is 8.68. The number of hydrogen-bond acceptors (Lipinski definition) is 1. The molecule has 1 heteroatoms. The maximum absolute atomic E-state index is 8.68. The highest BCUT2D eigenvalue weighted by Crippen LogP contribution is 2.24. The van der Waals surface area contributed by atoms with E-state index in [0.717, 1.165) is 12.8 Å². The van der Waals surface area contributed by atoms with Crippen LogP contribution in [0.15, 0.2) is 12.2 Å². The normalized spacial score (nSPS) is 12.8. The Balaban J connectivity index is 3.62. The molecule has 1 N–H and O–H groups in total. The molecule has 0 aromatic rings. The van der Waals surface area contributed by atoms with E-state index < -0.39 is 0 Å². The van der Waals surface area contributed by atoms with E-state index in [1.807, 2.05) is 6.92 Å². The minimum absolute atomic E-state index is 0.265. The van der Waals surface area contributed by atoms with Crippen LogP contribution in [0, 0.1) is 5.41 Å². The molecule has 0 atom stereocenters. The fraction of sp³-hybridized carbons (Fsp3) is 0.778. The van der Waals surface area contributed by atoms with Crippen LogP contribution >= 0.6 is 0 Å². The molecule has 1 nitrogen and oxygen atoms in total. The summed E-state index contributed by atoms with van der Waals surface area (Å²) >= 11 is 0. The molecule has 0 saturated carbocycles. The quantitative estimate of drug-likeness (QED) is 0.597. The Morgan fingerprint density at radius 2 is 2.00 bits per heavy atom. The Labute approximate surface area is 63.8 Å². The summed E-state index contributed by atoms with van der Waals surface area (Å²) in [6.45, 7) is 6.66. The van der Waals surface area contributed by atoms with Crippen LogP contribution in [0.5, 0.6) is 0 Å². The van der Waals surface area contributed by atoms with Crippen LogP contribution in [-0.2, 0) is 0 Å². The van der Waals surface area contributed by atoms with Gasteiger partial charge in [0.2, 0.25) is 0 Å². The van der Waals surface area contributed by atoms with Crippen LogP contribution in [0.3, 0.4) is 0 Å². The minimum atomic E-state index is 0.265. The second-order valence-corrected chi connectivity index (χ2v) is 3.41. The van der Waals surface area contributed by atoms with Crippen LogP contribution in [0.2, 0.25) is 0 Å². The van der Waals surface area contributed by atoms with Crippen molar-refractivity contribution in [2.24, 2.45) is 5.41 Å². The van der Waals surface area contributed by atoms with E-state index >= 15 is 0 Å². The fourth-order valence-electron chi connectivity index (χ4n) is 0.842. The van der Waals surface area contributed by atoms with Gasteiger partial charge in [-0.2, -0.15) is 0 Å². The van der Waals surface area contributed by atoms with E-state index in [9.17, 15) is 0 Å². The molecule has 0 unspecified atom stereocenters. The lowest BCUT2D eigenvalue weighted by molar-refractivity contribution is 0.213. The minimum Gasteiger partial charge on any atom is -0.396 e. The third-order valence-electron chi connectivity index (χ3n) is 1.69. The van der Waals surface area contributed by atoms with E-state index in [-0.39, 0.29) is 5.41 Å². The smallest absolute Gasteiger partial charge is 0.0436 e. The highest BCUT2D eigenvalue weighted by molar-refractivity contribution is 4.84. The predicted molar refractivity (Wildman–Crippen MR) is 44.9 cm³/mol. The molecule has 0 heterocycles. The van der Waals surface area contributed by atoms with Crippen molar-refractivity contribution in [1.29, 1.82) is 0 Å². The van der Waals surface area contributed by atoms with Crippen LogP contribution in [0.4, 0.5) is 0 Å². The van der Waals surface area contributed by atoms with Gasteiger partial charge in [-0.25, -0.2) is 0 Å². The van der Waals surface area contributed by atoms with Crippen molar-refractivity contribution in [3.05, 3.63) is 12.2 Å². The van der Waals surface area contributed by atoms with Crippen molar-refractivity contribution >= 4 is 0 Å². The SMILES string of the molecule is CC=CCC(C)(C)CCO. The molecule has 0 aromatic carbocycles. The van der Waals surface area contributed by atoms with Crippen molar-refractivity contribution in [3.8, 4) is 0 Å². The van der Waals surface area contributed by atoms with Crippen LogP contribution in [0.1, 0.15) is 33.6 Å². The molecule has 0 aliphatic carbocycles. The molecule has 60 valence electrons. The first-order valence-corrected chi connectivity index (χ1v) is 3.84. The average Bonchev–Trinajstić information content (AvgIpc) is 1.84. The molecule has 0 fully saturated rings. The van der Waals surface area contributed by atoms with Gasteiger partial charge in [0.1, 0.15) is 0 Å². The van der Waals surface area contributed by atoms with Gasteiger partial charge in [0.15, 0.2) is 0 Å². The van der Waals surface area contributed by atoms with Gasteiger partial charge < -0.3 is 5.11 Å². The number of aliphatic hydroxyl groups is 1. The molecule has 0 saturated heterocycles. The topological polar surface area (TPSA) is 20.2 Å². The highest BCUT2D eigenvalue weighted by atomic mass is 16.3. The molecule has 0 spiro atoms. The fourth-order valence-corrected chi connectivity index (χ4v) is 0.842. The Morgan fingerprint density at radius 3 is 2.40 bits per heavy atom. The standard InChI is InChI=1S/C9H18O/c1-4-5-6-9(2,3)7-8-10/h4-5,10H,6-8H2,1-3H3. The molecular weight excluding hydrogens is 124 g/mol. The van der Waals surface area contributed by atoms with Crippen molar-refractivity contribution in [2.45, 2.75) is 33.6 Å². The van der Waals surface area contributed by atoms with Gasteiger partial charge in [0.25, 0.3) is 0 Å². The molecule has 0 rings (SSSR count). The van der Waals surface area contributed by atoms with E-state index in [4.69, 9.17) is 5.11 Å². The highest BCUT2D eigenvalue weighted by Gasteiger charge is 2.13. The Morgan fingerprint density at radius 1 is 1.40 bits per heavy atom. The molecule has 0 radical (unpaired) electrons. The lowest BCUT2D eigenvalue weighted by atomic mass is 9.86. The van der Waals surface area contributed by atoms with Crippen molar-refractivity contribution in [1.82, 2.24) is 0 Å². The summed E-state index contributed by atoms with van der Waals surface area (Å²) in [6, 6.07) is 0. The summed E-state index contributed by atoms with van der Waals surface area (Å²) in [4.78, 5) is 0. The summed E-state index contributed by atoms with van der Waals surface area (Å²) in [7, 11) is 0. The maximum Gasteiger partial charge on any atom is 0.0436 e. The summed E-state index contributed by atoms with van der Waals surface area (Å²) in [5.41, 5.74) is 0.265. The van der Waals surface area contributed by atoms with Crippen LogP contribution in [0.25, 0.3) is 0 Å². The first kappa shape index (κ1) is 9.70. The first-order chi connectivity index (χ1) is 4.62. The number of allylic oxidation sites excluding steroid dienone is 2. The molecule has 0 aliphatic heterocycles. The Kier molecular flexibility index (Phi) is 4.37. The number of hydrogen-bond donors (Lipinski definition) is 1. The largest absolute Gasteiger partial charge is 0.396 e. The molecule has 0 aliphatic rings. The Hall–Kier alpha value is -0.300. The summed E-state index contributed by atoms with van der Waals surface area (Å²) in [5.74, 6) is 0. The van der Waals surface area contributed by atoms with Gasteiger partial charge in [-0.05, 0) is 25.2 Å². The second-order valence-electron chi connectivity index (χ2n) is 3.41. The lowest BCUT2D eigenvalue weighted by Crippen LogP contribution is -2.11. The molecule has 0 aromatic heterocycles. The third kappa shape index (κ3) is 4.57. The molecule has 0 amide bonds. The third-order valence-corrected chi connectivity index (χ3v) is 1.69. The molecular formula is C9H18O. The first-order valence-electron chi connectivity index (χ1n) is 3.84. The van der Waals surface area contributed by atoms with Crippen molar-refractivity contribution < 1.29 is 5.11 Å². The van der Waals surface area contributed by atoms with Crippen molar-refractivity contribution in [2.75, 3.05) is 6.61 Å². The van der Waals surface area contributed by atoms with E-state index in [0.29, 0.717) is 6.61 Å². The van der Waals surface area contributed by atoms with Gasteiger partial charge in [-0.3, -0.25) is 0 Å². The van der Waals surface area contributed by atoms with Gasteiger partial charge in [-0.15, -0.1) is 0 Å². The van der Waals surface area contributed by atoms with E-state index in [2.05, 4.69) is 26.0 Å². The monoisotopic (exact) mass is 142 g/mol. The zero-order valence-electron chi connectivity index (χ0n) is 7.22. The summed E-state index contributed by atoms with van der Waals surface area (Å²) in [6.07, 6.45) is 6.15. The van der Waals surface area contributed by atoms with Gasteiger partial charge >= 0.3 is 0 Å².